The highest BCUT2D eigenvalue weighted by Crippen LogP contribution is 2.25. The fraction of sp³-hybridized carbons (Fsp3) is 0.200. The number of aromatic amines is 1. The highest BCUT2D eigenvalue weighted by atomic mass is 16.5. The molecule has 1 aliphatic carbocycles. The molecule has 1 heterocycles. The number of hydrogen-bond acceptors (Lipinski definition) is 3. The normalized spacial score (nSPS) is 14.9. The second-order valence-electron chi connectivity index (χ2n) is 6.23. The molecule has 0 radical (unpaired) electrons. The summed E-state index contributed by atoms with van der Waals surface area (Å²) in [4.78, 5) is 28.3. The van der Waals surface area contributed by atoms with E-state index >= 15 is 0 Å². The zero-order valence-corrected chi connectivity index (χ0v) is 13.6. The molecule has 1 aromatic heterocycles. The highest BCUT2D eigenvalue weighted by Gasteiger charge is 2.31. The van der Waals surface area contributed by atoms with Crippen LogP contribution in [0.2, 0.25) is 0 Å². The average molecular weight is 334 g/mol. The average Bonchev–Trinajstić information content (AvgIpc) is 3.35. The number of fused-ring (bicyclic) bond motifs is 1. The monoisotopic (exact) mass is 334 g/mol. The summed E-state index contributed by atoms with van der Waals surface area (Å²) >= 11 is 0. The van der Waals surface area contributed by atoms with Gasteiger partial charge in [-0.1, -0.05) is 48.5 Å². The molecule has 1 unspecified atom stereocenters. The first-order valence-electron chi connectivity index (χ1n) is 8.35. The van der Waals surface area contributed by atoms with E-state index in [1.807, 2.05) is 42.5 Å². The predicted octanol–water partition coefficient (Wildman–Crippen LogP) is 3.34. The van der Waals surface area contributed by atoms with Crippen LogP contribution >= 0.6 is 0 Å². The van der Waals surface area contributed by atoms with E-state index < -0.39 is 12.1 Å². The largest absolute Gasteiger partial charge is 0.444 e. The van der Waals surface area contributed by atoms with Crippen molar-refractivity contribution in [3.63, 3.8) is 0 Å². The molecule has 0 bridgehead atoms. The fourth-order valence-corrected chi connectivity index (χ4v) is 2.82. The molecule has 5 nitrogen and oxygen atoms in total. The van der Waals surface area contributed by atoms with Crippen LogP contribution in [-0.2, 0) is 9.53 Å². The number of carbonyl (C=O) groups excluding carboxylic acids is 2. The molecule has 1 fully saturated rings. The van der Waals surface area contributed by atoms with Gasteiger partial charge in [0.15, 0.2) is 0 Å². The molecule has 1 aliphatic rings. The van der Waals surface area contributed by atoms with Crippen molar-refractivity contribution in [2.24, 2.45) is 0 Å². The molecule has 126 valence electrons. The van der Waals surface area contributed by atoms with Gasteiger partial charge >= 0.3 is 5.97 Å². The van der Waals surface area contributed by atoms with Gasteiger partial charge < -0.3 is 15.0 Å². The lowest BCUT2D eigenvalue weighted by Gasteiger charge is -2.17. The fourth-order valence-electron chi connectivity index (χ4n) is 2.82. The maximum Gasteiger partial charge on any atom is 0.341 e. The van der Waals surface area contributed by atoms with Crippen LogP contribution in [0, 0.1) is 0 Å². The standard InChI is InChI=1S/C20H18N2O3/c23-19(22-14-10-11-14)18(13-6-2-1-3-7-13)25-20(24)16-12-21-17-9-5-4-8-15(16)17/h1-9,12,14,18,21H,10-11H2,(H,22,23). The summed E-state index contributed by atoms with van der Waals surface area (Å²) in [6, 6.07) is 16.8. The van der Waals surface area contributed by atoms with Gasteiger partial charge in [0.2, 0.25) is 6.10 Å². The molecule has 2 aromatic carbocycles. The molecular formula is C20H18N2O3. The number of ether oxygens (including phenoxy) is 1. The van der Waals surface area contributed by atoms with Crippen LogP contribution in [0.1, 0.15) is 34.9 Å². The number of rotatable bonds is 5. The lowest BCUT2D eigenvalue weighted by molar-refractivity contribution is -0.130. The number of esters is 1. The van der Waals surface area contributed by atoms with Crippen molar-refractivity contribution < 1.29 is 14.3 Å². The Bertz CT molecular complexity index is 913. The second-order valence-corrected chi connectivity index (χ2v) is 6.23. The van der Waals surface area contributed by atoms with E-state index in [2.05, 4.69) is 10.3 Å². The van der Waals surface area contributed by atoms with Crippen LogP contribution < -0.4 is 5.32 Å². The maximum absolute atomic E-state index is 12.7. The van der Waals surface area contributed by atoms with Crippen molar-refractivity contribution in [2.45, 2.75) is 25.0 Å². The minimum atomic E-state index is -0.956. The first-order valence-corrected chi connectivity index (χ1v) is 8.35. The highest BCUT2D eigenvalue weighted by molar-refractivity contribution is 6.04. The van der Waals surface area contributed by atoms with Gasteiger partial charge in [0, 0.05) is 28.7 Å². The van der Waals surface area contributed by atoms with Crippen molar-refractivity contribution >= 4 is 22.8 Å². The molecule has 4 rings (SSSR count). The molecule has 1 amide bonds. The number of nitrogens with one attached hydrogen (secondary N) is 2. The number of amides is 1. The lowest BCUT2D eigenvalue weighted by Crippen LogP contribution is -2.33. The zero-order chi connectivity index (χ0) is 17.2. The smallest absolute Gasteiger partial charge is 0.341 e. The Labute approximate surface area is 145 Å². The first-order chi connectivity index (χ1) is 12.2. The van der Waals surface area contributed by atoms with Crippen LogP contribution in [0.5, 0.6) is 0 Å². The van der Waals surface area contributed by atoms with Gasteiger partial charge in [-0.2, -0.15) is 0 Å². The Hall–Kier alpha value is -3.08. The van der Waals surface area contributed by atoms with Crippen molar-refractivity contribution in [3.05, 3.63) is 71.9 Å². The molecule has 25 heavy (non-hydrogen) atoms. The van der Waals surface area contributed by atoms with Crippen molar-refractivity contribution in [2.75, 3.05) is 0 Å². The zero-order valence-electron chi connectivity index (χ0n) is 13.6. The summed E-state index contributed by atoms with van der Waals surface area (Å²) in [7, 11) is 0. The van der Waals surface area contributed by atoms with E-state index in [1.54, 1.807) is 18.3 Å². The quantitative estimate of drug-likeness (QED) is 0.703. The molecule has 1 saturated carbocycles. The third-order valence-electron chi connectivity index (χ3n) is 4.30. The molecule has 0 saturated heterocycles. The molecule has 2 N–H and O–H groups in total. The molecule has 5 heteroatoms. The lowest BCUT2D eigenvalue weighted by atomic mass is 10.1. The minimum Gasteiger partial charge on any atom is -0.444 e. The van der Waals surface area contributed by atoms with E-state index in [1.165, 1.54) is 0 Å². The second kappa shape index (κ2) is 6.43. The third-order valence-corrected chi connectivity index (χ3v) is 4.30. The SMILES string of the molecule is O=C(OC(C(=O)NC1CC1)c1ccccc1)c1c[nH]c2ccccc12. The Morgan fingerprint density at radius 1 is 1.04 bits per heavy atom. The van der Waals surface area contributed by atoms with Gasteiger partial charge in [0.05, 0.1) is 5.56 Å². The van der Waals surface area contributed by atoms with Crippen LogP contribution in [0.3, 0.4) is 0 Å². The predicted molar refractivity (Wildman–Crippen MR) is 94.1 cm³/mol. The number of carbonyl (C=O) groups is 2. The Balaban J connectivity index is 1.61. The van der Waals surface area contributed by atoms with E-state index in [-0.39, 0.29) is 11.9 Å². The van der Waals surface area contributed by atoms with Gasteiger partial charge in [0.25, 0.3) is 5.91 Å². The van der Waals surface area contributed by atoms with Crippen molar-refractivity contribution in [1.82, 2.24) is 10.3 Å². The summed E-state index contributed by atoms with van der Waals surface area (Å²) < 4.78 is 5.61. The molecule has 3 aromatic rings. The number of benzene rings is 2. The van der Waals surface area contributed by atoms with Crippen molar-refractivity contribution in [1.29, 1.82) is 0 Å². The van der Waals surface area contributed by atoms with Gasteiger partial charge in [-0.15, -0.1) is 0 Å². The van der Waals surface area contributed by atoms with E-state index in [9.17, 15) is 9.59 Å². The molecule has 0 spiro atoms. The topological polar surface area (TPSA) is 71.2 Å². The Morgan fingerprint density at radius 3 is 2.52 bits per heavy atom. The summed E-state index contributed by atoms with van der Waals surface area (Å²) in [6.07, 6.45) is 2.61. The summed E-state index contributed by atoms with van der Waals surface area (Å²) in [5.74, 6) is -0.792. The molecular weight excluding hydrogens is 316 g/mol. The first kappa shape index (κ1) is 15.4. The third kappa shape index (κ3) is 3.26. The van der Waals surface area contributed by atoms with Crippen LogP contribution in [0.25, 0.3) is 10.9 Å². The number of aromatic nitrogens is 1. The minimum absolute atomic E-state index is 0.200. The number of hydrogen-bond donors (Lipinski definition) is 2. The van der Waals surface area contributed by atoms with E-state index in [0.29, 0.717) is 11.1 Å². The number of H-pyrrole nitrogens is 1. The number of para-hydroxylation sites is 1. The van der Waals surface area contributed by atoms with Crippen LogP contribution in [0.4, 0.5) is 0 Å². The van der Waals surface area contributed by atoms with E-state index in [4.69, 9.17) is 4.74 Å². The van der Waals surface area contributed by atoms with Crippen LogP contribution in [0.15, 0.2) is 60.8 Å². The Morgan fingerprint density at radius 2 is 1.76 bits per heavy atom. The van der Waals surface area contributed by atoms with E-state index in [0.717, 1.165) is 23.7 Å². The summed E-state index contributed by atoms with van der Waals surface area (Å²) in [6.45, 7) is 0. The molecule has 0 aliphatic heterocycles. The Kier molecular flexibility index (Phi) is 3.98. The van der Waals surface area contributed by atoms with Crippen molar-refractivity contribution in [3.8, 4) is 0 Å². The van der Waals surface area contributed by atoms with Gasteiger partial charge in [-0.25, -0.2) is 4.79 Å². The molecule has 1 atom stereocenters. The van der Waals surface area contributed by atoms with Gasteiger partial charge in [0.1, 0.15) is 0 Å². The van der Waals surface area contributed by atoms with Crippen LogP contribution in [-0.4, -0.2) is 22.9 Å². The summed E-state index contributed by atoms with van der Waals surface area (Å²) in [5.41, 5.74) is 1.94. The maximum atomic E-state index is 12.7. The summed E-state index contributed by atoms with van der Waals surface area (Å²) in [5, 5.41) is 3.70. The van der Waals surface area contributed by atoms with Gasteiger partial charge in [-0.3, -0.25) is 4.79 Å². The van der Waals surface area contributed by atoms with Gasteiger partial charge in [-0.05, 0) is 18.9 Å².